The topological polar surface area (TPSA) is 58.7 Å². The summed E-state index contributed by atoms with van der Waals surface area (Å²) in [7, 11) is 0. The van der Waals surface area contributed by atoms with Crippen LogP contribution in [0.3, 0.4) is 0 Å². The van der Waals surface area contributed by atoms with Gasteiger partial charge < -0.3 is 0 Å². The predicted octanol–water partition coefficient (Wildman–Crippen LogP) is 4.18. The van der Waals surface area contributed by atoms with Gasteiger partial charge in [0, 0.05) is 10.9 Å². The lowest BCUT2D eigenvalue weighted by Crippen LogP contribution is -2.23. The van der Waals surface area contributed by atoms with Crippen molar-refractivity contribution in [1.29, 1.82) is 5.26 Å². The van der Waals surface area contributed by atoms with Crippen molar-refractivity contribution in [3.05, 3.63) is 64.4 Å². The zero-order chi connectivity index (χ0) is 17.8. The number of nitriles is 1. The highest BCUT2D eigenvalue weighted by Gasteiger charge is 2.12. The van der Waals surface area contributed by atoms with Crippen LogP contribution in [0.15, 0.2) is 53.3 Å². The second-order valence-electron chi connectivity index (χ2n) is 6.63. The van der Waals surface area contributed by atoms with Gasteiger partial charge >= 0.3 is 0 Å². The molecule has 3 aromatic rings. The van der Waals surface area contributed by atoms with Crippen molar-refractivity contribution in [3.8, 4) is 17.3 Å². The van der Waals surface area contributed by atoms with Gasteiger partial charge in [0.05, 0.1) is 30.1 Å². The van der Waals surface area contributed by atoms with Gasteiger partial charge in [-0.05, 0) is 24.0 Å². The maximum absolute atomic E-state index is 12.6. The second-order valence-corrected chi connectivity index (χ2v) is 6.63. The Morgan fingerprint density at radius 2 is 1.76 bits per heavy atom. The van der Waals surface area contributed by atoms with Crippen molar-refractivity contribution in [1.82, 2.24) is 9.78 Å². The molecule has 0 aliphatic carbocycles. The molecular weight excluding hydrogens is 310 g/mol. The number of aryl methyl sites for hydroxylation is 1. The van der Waals surface area contributed by atoms with Crippen molar-refractivity contribution < 1.29 is 0 Å². The van der Waals surface area contributed by atoms with Gasteiger partial charge in [-0.25, -0.2) is 4.68 Å². The molecule has 1 heterocycles. The van der Waals surface area contributed by atoms with E-state index in [1.54, 1.807) is 0 Å². The zero-order valence-corrected chi connectivity index (χ0v) is 14.6. The number of hydrogen-bond acceptors (Lipinski definition) is 3. The van der Waals surface area contributed by atoms with Gasteiger partial charge in [0.25, 0.3) is 5.56 Å². The first-order chi connectivity index (χ1) is 12.1. The molecule has 0 bridgehead atoms. The largest absolute Gasteiger partial charge is 0.274 e. The molecule has 0 aliphatic heterocycles. The fourth-order valence-electron chi connectivity index (χ4n) is 3.03. The Kier molecular flexibility index (Phi) is 4.95. The molecule has 1 aromatic heterocycles. The van der Waals surface area contributed by atoms with Crippen LogP contribution in [-0.2, 0) is 13.0 Å². The third-order valence-corrected chi connectivity index (χ3v) is 4.17. The van der Waals surface area contributed by atoms with E-state index in [4.69, 9.17) is 5.26 Å². The van der Waals surface area contributed by atoms with E-state index in [2.05, 4.69) is 49.3 Å². The second kappa shape index (κ2) is 7.31. The van der Waals surface area contributed by atoms with Gasteiger partial charge in [0.2, 0.25) is 0 Å². The third-order valence-electron chi connectivity index (χ3n) is 4.17. The van der Waals surface area contributed by atoms with Gasteiger partial charge in [0.15, 0.2) is 0 Å². The van der Waals surface area contributed by atoms with E-state index in [0.717, 1.165) is 23.1 Å². The molecule has 0 atom stereocenters. The molecule has 3 rings (SSSR count). The molecule has 0 N–H and O–H groups in total. The molecule has 4 nitrogen and oxygen atoms in total. The quantitative estimate of drug-likeness (QED) is 0.705. The van der Waals surface area contributed by atoms with Crippen molar-refractivity contribution in [3.63, 3.8) is 0 Å². The Hall–Kier alpha value is -2.93. The molecule has 0 saturated carbocycles. The summed E-state index contributed by atoms with van der Waals surface area (Å²) < 4.78 is 1.41. The van der Waals surface area contributed by atoms with E-state index in [9.17, 15) is 4.79 Å². The van der Waals surface area contributed by atoms with Crippen LogP contribution in [-0.4, -0.2) is 9.78 Å². The number of benzene rings is 2. The van der Waals surface area contributed by atoms with Crippen LogP contribution in [0.25, 0.3) is 22.0 Å². The van der Waals surface area contributed by atoms with Crippen LogP contribution >= 0.6 is 0 Å². The molecule has 2 aromatic carbocycles. The van der Waals surface area contributed by atoms with E-state index >= 15 is 0 Å². The first-order valence-corrected chi connectivity index (χ1v) is 8.56. The van der Waals surface area contributed by atoms with Crippen molar-refractivity contribution in [2.24, 2.45) is 5.92 Å². The Balaban J connectivity index is 2.13. The van der Waals surface area contributed by atoms with E-state index in [0.29, 0.717) is 17.8 Å². The molecule has 4 heteroatoms. The number of fused-ring (bicyclic) bond motifs is 1. The Labute approximate surface area is 147 Å². The van der Waals surface area contributed by atoms with Gasteiger partial charge in [-0.2, -0.15) is 10.4 Å². The summed E-state index contributed by atoms with van der Waals surface area (Å²) >= 11 is 0. The summed E-state index contributed by atoms with van der Waals surface area (Å²) in [6, 6.07) is 18.0. The summed E-state index contributed by atoms with van der Waals surface area (Å²) in [6.45, 7) is 4.71. The molecule has 0 saturated heterocycles. The Bertz CT molecular complexity index is 979. The lowest BCUT2D eigenvalue weighted by atomic mass is 9.99. The molecule has 0 fully saturated rings. The number of nitrogens with zero attached hydrogens (tertiary/aromatic N) is 3. The highest BCUT2D eigenvalue weighted by Crippen LogP contribution is 2.25. The smallest absolute Gasteiger partial charge is 0.267 e. The Morgan fingerprint density at radius 1 is 1.08 bits per heavy atom. The van der Waals surface area contributed by atoms with Gasteiger partial charge in [-0.3, -0.25) is 4.79 Å². The SMILES string of the molecule is CC(C)Cc1ccc(-c2nn(CCC#N)c(=O)c3ccccc23)cc1. The molecule has 0 unspecified atom stereocenters. The van der Waals surface area contributed by atoms with E-state index in [1.807, 2.05) is 24.3 Å². The standard InChI is InChI=1S/C21H21N3O/c1-15(2)14-16-8-10-17(11-9-16)20-18-6-3-4-7-19(18)21(25)24(23-20)13-5-12-22/h3-4,6-11,15H,5,13-14H2,1-2H3. The van der Waals surface area contributed by atoms with Gasteiger partial charge in [-0.15, -0.1) is 0 Å². The fourth-order valence-corrected chi connectivity index (χ4v) is 3.03. The van der Waals surface area contributed by atoms with Crippen molar-refractivity contribution in [2.75, 3.05) is 0 Å². The average Bonchev–Trinajstić information content (AvgIpc) is 2.62. The third kappa shape index (κ3) is 3.61. The van der Waals surface area contributed by atoms with Gasteiger partial charge in [0.1, 0.15) is 0 Å². The van der Waals surface area contributed by atoms with E-state index in [1.165, 1.54) is 10.2 Å². The zero-order valence-electron chi connectivity index (χ0n) is 14.6. The van der Waals surface area contributed by atoms with Crippen LogP contribution in [0, 0.1) is 17.2 Å². The highest BCUT2D eigenvalue weighted by atomic mass is 16.1. The first kappa shape index (κ1) is 16.9. The molecule has 0 aliphatic rings. The summed E-state index contributed by atoms with van der Waals surface area (Å²) in [4.78, 5) is 12.6. The first-order valence-electron chi connectivity index (χ1n) is 8.56. The van der Waals surface area contributed by atoms with Crippen LogP contribution < -0.4 is 5.56 Å². The van der Waals surface area contributed by atoms with Crippen molar-refractivity contribution in [2.45, 2.75) is 33.2 Å². The number of hydrogen-bond donors (Lipinski definition) is 0. The fraction of sp³-hybridized carbons (Fsp3) is 0.286. The van der Waals surface area contributed by atoms with Crippen molar-refractivity contribution >= 4 is 10.8 Å². The lowest BCUT2D eigenvalue weighted by Gasteiger charge is -2.11. The molecule has 0 spiro atoms. The van der Waals surface area contributed by atoms with Crippen LogP contribution in [0.1, 0.15) is 25.8 Å². The lowest BCUT2D eigenvalue weighted by molar-refractivity contribution is 0.598. The van der Waals surface area contributed by atoms with Gasteiger partial charge in [-0.1, -0.05) is 56.3 Å². The van der Waals surface area contributed by atoms with E-state index in [-0.39, 0.29) is 12.0 Å². The maximum atomic E-state index is 12.6. The summed E-state index contributed by atoms with van der Waals surface area (Å²) in [5.41, 5.74) is 2.91. The molecule has 0 radical (unpaired) electrons. The Morgan fingerprint density at radius 3 is 2.40 bits per heavy atom. The molecular formula is C21H21N3O. The molecule has 0 amide bonds. The highest BCUT2D eigenvalue weighted by molar-refractivity contribution is 5.93. The minimum Gasteiger partial charge on any atom is -0.267 e. The van der Waals surface area contributed by atoms with E-state index < -0.39 is 0 Å². The maximum Gasteiger partial charge on any atom is 0.274 e. The van der Waals surface area contributed by atoms with Crippen LogP contribution in [0.5, 0.6) is 0 Å². The predicted molar refractivity (Wildman–Crippen MR) is 100 cm³/mol. The van der Waals surface area contributed by atoms with Crippen LogP contribution in [0.4, 0.5) is 0 Å². The van der Waals surface area contributed by atoms with Crippen LogP contribution in [0.2, 0.25) is 0 Å². The average molecular weight is 331 g/mol. The molecule has 126 valence electrons. The summed E-state index contributed by atoms with van der Waals surface area (Å²) in [6.07, 6.45) is 1.30. The number of aromatic nitrogens is 2. The minimum atomic E-state index is -0.147. The monoisotopic (exact) mass is 331 g/mol. The minimum absolute atomic E-state index is 0.147. The summed E-state index contributed by atoms with van der Waals surface area (Å²) in [5, 5.41) is 14.9. The summed E-state index contributed by atoms with van der Waals surface area (Å²) in [5.74, 6) is 0.609. The normalized spacial score (nSPS) is 11.0. The number of rotatable bonds is 5. The molecule has 25 heavy (non-hydrogen) atoms.